The maximum absolute atomic E-state index is 13.5. The van der Waals surface area contributed by atoms with Crippen LogP contribution in [0.25, 0.3) is 0 Å². The summed E-state index contributed by atoms with van der Waals surface area (Å²) in [6.07, 6.45) is 8.64. The quantitative estimate of drug-likeness (QED) is 0.759. The van der Waals surface area contributed by atoms with E-state index in [1.54, 1.807) is 23.0 Å². The van der Waals surface area contributed by atoms with E-state index in [0.29, 0.717) is 17.7 Å². The van der Waals surface area contributed by atoms with Crippen molar-refractivity contribution in [1.29, 1.82) is 0 Å². The van der Waals surface area contributed by atoms with E-state index in [1.165, 1.54) is 31.7 Å². The zero-order chi connectivity index (χ0) is 19.3. The summed E-state index contributed by atoms with van der Waals surface area (Å²) < 4.78 is 15.3. The summed E-state index contributed by atoms with van der Waals surface area (Å²) in [6, 6.07) is 7.30. The Morgan fingerprint density at radius 3 is 2.96 bits per heavy atom. The first kappa shape index (κ1) is 19.1. The third-order valence-corrected chi connectivity index (χ3v) is 5.73. The number of nitrogens with one attached hydrogen (secondary N) is 1. The fourth-order valence-electron chi connectivity index (χ4n) is 3.91. The molecule has 0 bridgehead atoms. The SMILES string of the molecule is O=C(NCC1CC1)c1cn(CCC2CCCCN2Cc2cccc(F)c2)nn1. The first-order valence-electron chi connectivity index (χ1n) is 10.3. The number of hydrogen-bond acceptors (Lipinski definition) is 4. The van der Waals surface area contributed by atoms with Gasteiger partial charge < -0.3 is 5.32 Å². The minimum absolute atomic E-state index is 0.136. The average Bonchev–Trinajstić information content (AvgIpc) is 3.41. The Labute approximate surface area is 165 Å². The summed E-state index contributed by atoms with van der Waals surface area (Å²) in [5, 5.41) is 11.1. The van der Waals surface area contributed by atoms with Gasteiger partial charge in [0.05, 0.1) is 6.20 Å². The summed E-state index contributed by atoms with van der Waals surface area (Å²) in [5.74, 6) is 0.332. The van der Waals surface area contributed by atoms with Gasteiger partial charge in [0.1, 0.15) is 5.82 Å². The number of nitrogens with zero attached hydrogens (tertiary/aromatic N) is 4. The monoisotopic (exact) mass is 385 g/mol. The molecule has 1 saturated carbocycles. The molecule has 28 heavy (non-hydrogen) atoms. The second kappa shape index (κ2) is 8.82. The fourth-order valence-corrected chi connectivity index (χ4v) is 3.91. The first-order valence-corrected chi connectivity index (χ1v) is 10.3. The van der Waals surface area contributed by atoms with E-state index in [0.717, 1.165) is 44.6 Å². The zero-order valence-electron chi connectivity index (χ0n) is 16.2. The van der Waals surface area contributed by atoms with E-state index < -0.39 is 0 Å². The van der Waals surface area contributed by atoms with E-state index in [-0.39, 0.29) is 11.7 Å². The molecule has 2 aliphatic rings. The Bertz CT molecular complexity index is 804. The molecule has 1 saturated heterocycles. The predicted octanol–water partition coefficient (Wildman–Crippen LogP) is 3.00. The molecule has 1 aromatic carbocycles. The summed E-state index contributed by atoms with van der Waals surface area (Å²) in [7, 11) is 0. The van der Waals surface area contributed by atoms with Crippen LogP contribution in [0.1, 0.15) is 54.6 Å². The number of aromatic nitrogens is 3. The number of hydrogen-bond donors (Lipinski definition) is 1. The number of benzene rings is 1. The average molecular weight is 385 g/mol. The molecule has 1 aliphatic heterocycles. The van der Waals surface area contributed by atoms with Crippen molar-refractivity contribution in [3.63, 3.8) is 0 Å². The predicted molar refractivity (Wildman–Crippen MR) is 104 cm³/mol. The molecule has 1 unspecified atom stereocenters. The molecule has 150 valence electrons. The largest absolute Gasteiger partial charge is 0.350 e. The maximum atomic E-state index is 13.5. The minimum atomic E-state index is -0.179. The van der Waals surface area contributed by atoms with Crippen molar-refractivity contribution in [2.75, 3.05) is 13.1 Å². The Hall–Kier alpha value is -2.28. The van der Waals surface area contributed by atoms with Gasteiger partial charge in [0.2, 0.25) is 0 Å². The van der Waals surface area contributed by atoms with Crippen LogP contribution in [0.5, 0.6) is 0 Å². The van der Waals surface area contributed by atoms with Gasteiger partial charge in [-0.3, -0.25) is 14.4 Å². The van der Waals surface area contributed by atoms with Crippen LogP contribution in [0.3, 0.4) is 0 Å². The van der Waals surface area contributed by atoms with Crippen LogP contribution in [-0.4, -0.2) is 44.9 Å². The Morgan fingerprint density at radius 1 is 1.25 bits per heavy atom. The molecule has 0 radical (unpaired) electrons. The second-order valence-corrected chi connectivity index (χ2v) is 8.06. The lowest BCUT2D eigenvalue weighted by molar-refractivity contribution is 0.0946. The summed E-state index contributed by atoms with van der Waals surface area (Å²) in [6.45, 7) is 3.28. The number of piperidine rings is 1. The molecule has 2 fully saturated rings. The van der Waals surface area contributed by atoms with Crippen molar-refractivity contribution in [3.05, 3.63) is 47.5 Å². The van der Waals surface area contributed by atoms with Crippen molar-refractivity contribution in [2.45, 2.75) is 57.7 Å². The number of carbonyl (C=O) groups excluding carboxylic acids is 1. The van der Waals surface area contributed by atoms with Gasteiger partial charge in [-0.1, -0.05) is 23.8 Å². The van der Waals surface area contributed by atoms with E-state index in [2.05, 4.69) is 20.5 Å². The zero-order valence-corrected chi connectivity index (χ0v) is 16.2. The van der Waals surface area contributed by atoms with Crippen LogP contribution in [-0.2, 0) is 13.1 Å². The van der Waals surface area contributed by atoms with Crippen molar-refractivity contribution < 1.29 is 9.18 Å². The number of rotatable bonds is 8. The van der Waals surface area contributed by atoms with E-state index in [9.17, 15) is 9.18 Å². The Kier molecular flexibility index (Phi) is 6.00. The van der Waals surface area contributed by atoms with Crippen LogP contribution < -0.4 is 5.32 Å². The highest BCUT2D eigenvalue weighted by atomic mass is 19.1. The van der Waals surface area contributed by atoms with Gasteiger partial charge in [0.25, 0.3) is 5.91 Å². The molecule has 2 aromatic rings. The summed E-state index contributed by atoms with van der Waals surface area (Å²) in [4.78, 5) is 14.6. The van der Waals surface area contributed by atoms with E-state index in [1.807, 2.05) is 6.07 Å². The van der Waals surface area contributed by atoms with Crippen LogP contribution >= 0.6 is 0 Å². The standard InChI is InChI=1S/C21H28FN5O/c22-18-5-3-4-17(12-18)14-26-10-2-1-6-19(26)9-11-27-15-20(24-25-27)21(28)23-13-16-7-8-16/h3-5,12,15-16,19H,1-2,6-11,13-14H2,(H,23,28). The highest BCUT2D eigenvalue weighted by Gasteiger charge is 2.24. The fraction of sp³-hybridized carbons (Fsp3) is 0.571. The molecule has 6 nitrogen and oxygen atoms in total. The number of carbonyl (C=O) groups is 1. The molecule has 1 N–H and O–H groups in total. The molecule has 2 heterocycles. The van der Waals surface area contributed by atoms with Gasteiger partial charge in [-0.25, -0.2) is 4.39 Å². The van der Waals surface area contributed by atoms with Crippen molar-refractivity contribution in [3.8, 4) is 0 Å². The van der Waals surface area contributed by atoms with Crippen molar-refractivity contribution >= 4 is 5.91 Å². The number of aryl methyl sites for hydroxylation is 1. The Morgan fingerprint density at radius 2 is 2.14 bits per heavy atom. The van der Waals surface area contributed by atoms with Crippen LogP contribution in [0, 0.1) is 11.7 Å². The molecule has 4 rings (SSSR count). The normalized spacial score (nSPS) is 20.2. The van der Waals surface area contributed by atoms with Crippen LogP contribution in [0.2, 0.25) is 0 Å². The minimum Gasteiger partial charge on any atom is -0.350 e. The smallest absolute Gasteiger partial charge is 0.273 e. The molecule has 1 aliphatic carbocycles. The highest BCUT2D eigenvalue weighted by Crippen LogP contribution is 2.27. The molecule has 7 heteroatoms. The summed E-state index contributed by atoms with van der Waals surface area (Å²) >= 11 is 0. The van der Waals surface area contributed by atoms with Gasteiger partial charge in [-0.05, 0) is 62.3 Å². The lowest BCUT2D eigenvalue weighted by Gasteiger charge is -2.35. The molecular weight excluding hydrogens is 357 g/mol. The van der Waals surface area contributed by atoms with Gasteiger partial charge >= 0.3 is 0 Å². The molecule has 1 aromatic heterocycles. The summed E-state index contributed by atoms with van der Waals surface area (Å²) in [5.41, 5.74) is 1.41. The second-order valence-electron chi connectivity index (χ2n) is 8.06. The first-order chi connectivity index (χ1) is 13.7. The molecule has 1 amide bonds. The number of likely N-dealkylation sites (tertiary alicyclic amines) is 1. The number of halogens is 1. The van der Waals surface area contributed by atoms with E-state index >= 15 is 0 Å². The Balaban J connectivity index is 1.30. The lowest BCUT2D eigenvalue weighted by atomic mass is 9.98. The third kappa shape index (κ3) is 5.16. The van der Waals surface area contributed by atoms with Crippen LogP contribution in [0.15, 0.2) is 30.5 Å². The third-order valence-electron chi connectivity index (χ3n) is 5.73. The van der Waals surface area contributed by atoms with Gasteiger partial charge in [0.15, 0.2) is 5.69 Å². The molecule has 1 atom stereocenters. The van der Waals surface area contributed by atoms with E-state index in [4.69, 9.17) is 0 Å². The number of amides is 1. The lowest BCUT2D eigenvalue weighted by Crippen LogP contribution is -2.39. The molecule has 0 spiro atoms. The van der Waals surface area contributed by atoms with Gasteiger partial charge in [-0.15, -0.1) is 5.10 Å². The van der Waals surface area contributed by atoms with Gasteiger partial charge in [-0.2, -0.15) is 0 Å². The van der Waals surface area contributed by atoms with Crippen molar-refractivity contribution in [2.24, 2.45) is 5.92 Å². The molecular formula is C21H28FN5O. The van der Waals surface area contributed by atoms with Crippen LogP contribution in [0.4, 0.5) is 4.39 Å². The van der Waals surface area contributed by atoms with Gasteiger partial charge in [0, 0.05) is 25.7 Å². The van der Waals surface area contributed by atoms with Crippen molar-refractivity contribution in [1.82, 2.24) is 25.2 Å². The maximum Gasteiger partial charge on any atom is 0.273 e. The topological polar surface area (TPSA) is 63.1 Å². The highest BCUT2D eigenvalue weighted by molar-refractivity contribution is 5.91.